The van der Waals surface area contributed by atoms with E-state index in [9.17, 15) is 10.1 Å². The molecule has 1 aliphatic heterocycles. The lowest BCUT2D eigenvalue weighted by Gasteiger charge is -2.16. The topological polar surface area (TPSA) is 59.3 Å². The van der Waals surface area contributed by atoms with Crippen LogP contribution in [0.15, 0.2) is 47.5 Å². The van der Waals surface area contributed by atoms with Gasteiger partial charge in [0.15, 0.2) is 0 Å². The lowest BCUT2D eigenvalue weighted by Crippen LogP contribution is -2.10. The van der Waals surface area contributed by atoms with Gasteiger partial charge < -0.3 is 0 Å². The summed E-state index contributed by atoms with van der Waals surface area (Å²) in [4.78, 5) is 15.6. The van der Waals surface area contributed by atoms with Crippen LogP contribution in [0.1, 0.15) is 5.56 Å². The molecule has 96 valence electrons. The third kappa shape index (κ3) is 2.39. The predicted octanol–water partition coefficient (Wildman–Crippen LogP) is 3.06. The molecule has 0 spiro atoms. The van der Waals surface area contributed by atoms with Crippen LogP contribution >= 0.6 is 11.9 Å². The van der Waals surface area contributed by atoms with Crippen LogP contribution in [0.3, 0.4) is 0 Å². The van der Waals surface area contributed by atoms with Crippen molar-refractivity contribution in [1.82, 2.24) is 4.98 Å². The van der Waals surface area contributed by atoms with Crippen molar-refractivity contribution < 1.29 is 4.92 Å². The Hall–Kier alpha value is -2.08. The van der Waals surface area contributed by atoms with Gasteiger partial charge in [0.2, 0.25) is 0 Å². The Kier molecular flexibility index (Phi) is 3.08. The third-order valence-electron chi connectivity index (χ3n) is 2.95. The van der Waals surface area contributed by atoms with Crippen molar-refractivity contribution >= 4 is 23.5 Å². The Balaban J connectivity index is 1.78. The fourth-order valence-electron chi connectivity index (χ4n) is 2.02. The van der Waals surface area contributed by atoms with E-state index in [0.717, 1.165) is 23.7 Å². The number of rotatable bonds is 3. The summed E-state index contributed by atoms with van der Waals surface area (Å²) in [6.07, 6.45) is 2.77. The smallest absolute Gasteiger partial charge is 0.269 e. The van der Waals surface area contributed by atoms with E-state index in [1.807, 2.05) is 6.07 Å². The minimum Gasteiger partial charge on any atom is -0.296 e. The van der Waals surface area contributed by atoms with Crippen LogP contribution in [-0.2, 0) is 6.42 Å². The number of nitro benzene ring substituents is 1. The molecular formula is C13H11N3O2S. The van der Waals surface area contributed by atoms with Gasteiger partial charge in [0, 0.05) is 29.8 Å². The van der Waals surface area contributed by atoms with E-state index >= 15 is 0 Å². The molecule has 3 rings (SSSR count). The van der Waals surface area contributed by atoms with Crippen molar-refractivity contribution in [2.75, 3.05) is 10.8 Å². The molecule has 0 N–H and O–H groups in total. The number of aromatic nitrogens is 1. The van der Waals surface area contributed by atoms with Gasteiger partial charge in [-0.1, -0.05) is 6.07 Å². The normalized spacial score (nSPS) is 13.4. The van der Waals surface area contributed by atoms with Gasteiger partial charge in [-0.15, -0.1) is 0 Å². The van der Waals surface area contributed by atoms with Crippen LogP contribution in [0.2, 0.25) is 0 Å². The zero-order chi connectivity index (χ0) is 13.2. The molecule has 0 bridgehead atoms. The fraction of sp³-hybridized carbons (Fsp3) is 0.154. The van der Waals surface area contributed by atoms with Gasteiger partial charge in [-0.25, -0.2) is 4.98 Å². The molecule has 0 atom stereocenters. The number of nitrogens with zero attached hydrogens (tertiary/aromatic N) is 3. The van der Waals surface area contributed by atoms with Gasteiger partial charge in [0.1, 0.15) is 5.82 Å². The molecule has 2 aromatic rings. The van der Waals surface area contributed by atoms with Crippen LogP contribution < -0.4 is 4.31 Å². The summed E-state index contributed by atoms with van der Waals surface area (Å²) >= 11 is 1.56. The quantitative estimate of drug-likeness (QED) is 0.488. The summed E-state index contributed by atoms with van der Waals surface area (Å²) in [5.74, 6) is 0.992. The highest BCUT2D eigenvalue weighted by Crippen LogP contribution is 2.34. The predicted molar refractivity (Wildman–Crippen MR) is 74.2 cm³/mol. The van der Waals surface area contributed by atoms with E-state index in [0.29, 0.717) is 0 Å². The number of benzene rings is 1. The first-order valence-corrected chi connectivity index (χ1v) is 6.65. The van der Waals surface area contributed by atoms with E-state index in [4.69, 9.17) is 0 Å². The maximum absolute atomic E-state index is 10.6. The third-order valence-corrected chi connectivity index (χ3v) is 4.01. The molecule has 0 aliphatic carbocycles. The lowest BCUT2D eigenvalue weighted by atomic mass is 10.2. The minimum absolute atomic E-state index is 0.115. The maximum Gasteiger partial charge on any atom is 0.269 e. The van der Waals surface area contributed by atoms with Gasteiger partial charge in [-0.3, -0.25) is 14.4 Å². The molecular weight excluding hydrogens is 262 g/mol. The number of anilines is 1. The van der Waals surface area contributed by atoms with Crippen molar-refractivity contribution in [2.45, 2.75) is 11.3 Å². The Morgan fingerprint density at radius 2 is 2.05 bits per heavy atom. The van der Waals surface area contributed by atoms with Crippen molar-refractivity contribution in [3.05, 3.63) is 58.3 Å². The molecule has 19 heavy (non-hydrogen) atoms. The molecule has 0 radical (unpaired) electrons. The number of nitro groups is 1. The first-order chi connectivity index (χ1) is 9.24. The molecule has 0 fully saturated rings. The zero-order valence-electron chi connectivity index (χ0n) is 10.0. The van der Waals surface area contributed by atoms with Gasteiger partial charge in [-0.05, 0) is 42.1 Å². The summed E-state index contributed by atoms with van der Waals surface area (Å²) in [5, 5.41) is 10.6. The zero-order valence-corrected chi connectivity index (χ0v) is 10.8. The number of fused-ring (bicyclic) bond motifs is 1. The molecule has 0 amide bonds. The summed E-state index contributed by atoms with van der Waals surface area (Å²) < 4.78 is 2.12. The number of pyridine rings is 1. The maximum atomic E-state index is 10.6. The lowest BCUT2D eigenvalue weighted by molar-refractivity contribution is -0.384. The Morgan fingerprint density at radius 3 is 2.79 bits per heavy atom. The second-order valence-corrected chi connectivity index (χ2v) is 5.28. The summed E-state index contributed by atoms with van der Waals surface area (Å²) in [7, 11) is 0. The van der Waals surface area contributed by atoms with E-state index in [-0.39, 0.29) is 10.6 Å². The molecule has 5 nitrogen and oxygen atoms in total. The highest BCUT2D eigenvalue weighted by Gasteiger charge is 2.21. The molecule has 6 heteroatoms. The van der Waals surface area contributed by atoms with Gasteiger partial charge in [-0.2, -0.15) is 0 Å². The molecule has 1 aromatic heterocycles. The number of hydrogen-bond donors (Lipinski definition) is 0. The van der Waals surface area contributed by atoms with Crippen LogP contribution in [-0.4, -0.2) is 16.5 Å². The van der Waals surface area contributed by atoms with Crippen LogP contribution in [0.5, 0.6) is 0 Å². The molecule has 1 aliphatic rings. The highest BCUT2D eigenvalue weighted by atomic mass is 32.2. The average molecular weight is 273 g/mol. The summed E-state index contributed by atoms with van der Waals surface area (Å²) in [6, 6.07) is 10.6. The molecule has 2 heterocycles. The van der Waals surface area contributed by atoms with E-state index in [1.54, 1.807) is 30.3 Å². The molecule has 0 unspecified atom stereocenters. The molecule has 0 saturated carbocycles. The summed E-state index contributed by atoms with van der Waals surface area (Å²) in [6.45, 7) is 0.911. The SMILES string of the molecule is O=[N+]([O-])c1ccc(SN2CCc3cccnc32)cc1. The van der Waals surface area contributed by atoms with Gasteiger partial charge in [0.25, 0.3) is 5.69 Å². The second-order valence-electron chi connectivity index (χ2n) is 4.18. The van der Waals surface area contributed by atoms with Crippen LogP contribution in [0, 0.1) is 10.1 Å². The fourth-order valence-corrected chi connectivity index (χ4v) is 2.97. The van der Waals surface area contributed by atoms with E-state index in [1.165, 1.54) is 17.7 Å². The Morgan fingerprint density at radius 1 is 1.26 bits per heavy atom. The van der Waals surface area contributed by atoms with Crippen molar-refractivity contribution in [3.8, 4) is 0 Å². The largest absolute Gasteiger partial charge is 0.296 e. The second kappa shape index (κ2) is 4.89. The standard InChI is InChI=1S/C13H11N3O2S/c17-16(18)11-3-5-12(6-4-11)19-15-9-7-10-2-1-8-14-13(10)15/h1-6,8H,7,9H2. The number of hydrogen-bond acceptors (Lipinski definition) is 5. The van der Waals surface area contributed by atoms with Gasteiger partial charge in [0.05, 0.1) is 4.92 Å². The van der Waals surface area contributed by atoms with Gasteiger partial charge >= 0.3 is 0 Å². The minimum atomic E-state index is -0.388. The van der Waals surface area contributed by atoms with Crippen molar-refractivity contribution in [3.63, 3.8) is 0 Å². The molecule has 1 aromatic carbocycles. The summed E-state index contributed by atoms with van der Waals surface area (Å²) in [5.41, 5.74) is 1.36. The highest BCUT2D eigenvalue weighted by molar-refractivity contribution is 8.00. The van der Waals surface area contributed by atoms with Crippen LogP contribution in [0.4, 0.5) is 11.5 Å². The average Bonchev–Trinajstić information content (AvgIpc) is 2.83. The van der Waals surface area contributed by atoms with Crippen LogP contribution in [0.25, 0.3) is 0 Å². The number of non-ortho nitro benzene ring substituents is 1. The van der Waals surface area contributed by atoms with Crippen molar-refractivity contribution in [2.24, 2.45) is 0 Å². The first kappa shape index (κ1) is 12.0. The van der Waals surface area contributed by atoms with Crippen molar-refractivity contribution in [1.29, 1.82) is 0 Å². The van der Waals surface area contributed by atoms with E-state index in [2.05, 4.69) is 15.4 Å². The first-order valence-electron chi connectivity index (χ1n) is 5.88. The van der Waals surface area contributed by atoms with E-state index < -0.39 is 0 Å². The Labute approximate surface area is 114 Å². The molecule has 0 saturated heterocycles. The monoisotopic (exact) mass is 273 g/mol. The Bertz CT molecular complexity index is 616.